The zero-order valence-corrected chi connectivity index (χ0v) is 33.1. The van der Waals surface area contributed by atoms with E-state index in [0.29, 0.717) is 11.8 Å². The van der Waals surface area contributed by atoms with Crippen molar-refractivity contribution >= 4 is 0 Å². The van der Waals surface area contributed by atoms with Gasteiger partial charge in [-0.15, -0.1) is 0 Å². The molecule has 0 aromatic heterocycles. The van der Waals surface area contributed by atoms with E-state index in [0.717, 1.165) is 16.9 Å². The number of hydrogen-bond acceptors (Lipinski definition) is 6. The van der Waals surface area contributed by atoms with E-state index in [-0.39, 0.29) is 16.8 Å². The van der Waals surface area contributed by atoms with Crippen molar-refractivity contribution in [3.05, 3.63) is 101 Å². The van der Waals surface area contributed by atoms with Gasteiger partial charge in [0.25, 0.3) is 0 Å². The van der Waals surface area contributed by atoms with Gasteiger partial charge in [-0.2, -0.15) is 4.89 Å². The molecule has 0 radical (unpaired) electrons. The maximum atomic E-state index is 5.73. The second-order valence-electron chi connectivity index (χ2n) is 16.7. The zero-order valence-electron chi connectivity index (χ0n) is 33.1. The van der Waals surface area contributed by atoms with Gasteiger partial charge in [-0.25, -0.2) is 19.6 Å². The molecular weight excluding hydrogens is 600 g/mol. The molecule has 0 heterocycles. The van der Waals surface area contributed by atoms with Crippen molar-refractivity contribution in [1.82, 2.24) is 0 Å². The van der Waals surface area contributed by atoms with Crippen molar-refractivity contribution < 1.29 is 29.3 Å². The normalized spacial score (nSPS) is 12.6. The molecule has 0 aliphatic carbocycles. The van der Waals surface area contributed by atoms with Gasteiger partial charge in [-0.05, 0) is 125 Å². The lowest BCUT2D eigenvalue weighted by Crippen LogP contribution is -2.29. The van der Waals surface area contributed by atoms with E-state index in [1.807, 2.05) is 163 Å². The molecule has 3 aromatic carbocycles. The molecule has 0 aliphatic heterocycles. The number of rotatable bonds is 10. The van der Waals surface area contributed by atoms with Gasteiger partial charge >= 0.3 is 0 Å². The van der Waals surface area contributed by atoms with Crippen LogP contribution < -0.4 is 4.89 Å². The SMILES string of the molecule is CC(C)(C)OOC(C)(C)C.CC(C)(OOC(C)(C)c1ccccc1)c1ccccc1.CC(C)c1cccc(OOC(C)(C)C)c1C(C)C. The van der Waals surface area contributed by atoms with Crippen molar-refractivity contribution in [2.24, 2.45) is 0 Å². The molecule has 48 heavy (non-hydrogen) atoms. The van der Waals surface area contributed by atoms with Crippen LogP contribution in [0, 0.1) is 0 Å². The van der Waals surface area contributed by atoms with Crippen LogP contribution in [0.25, 0.3) is 0 Å². The zero-order chi connectivity index (χ0) is 37.0. The van der Waals surface area contributed by atoms with E-state index in [2.05, 4.69) is 33.8 Å². The number of hydrogen-bond donors (Lipinski definition) is 0. The molecule has 3 rings (SSSR count). The summed E-state index contributed by atoms with van der Waals surface area (Å²) in [6.45, 7) is 34.5. The van der Waals surface area contributed by atoms with Crippen LogP contribution in [0.2, 0.25) is 0 Å². The monoisotopic (exact) mass is 666 g/mol. The van der Waals surface area contributed by atoms with E-state index >= 15 is 0 Å². The molecule has 0 N–H and O–H groups in total. The van der Waals surface area contributed by atoms with E-state index in [4.69, 9.17) is 29.3 Å². The lowest BCUT2D eigenvalue weighted by Gasteiger charge is -2.31. The van der Waals surface area contributed by atoms with Crippen LogP contribution in [0.5, 0.6) is 5.75 Å². The highest BCUT2D eigenvalue weighted by Crippen LogP contribution is 2.35. The molecule has 6 nitrogen and oxygen atoms in total. The fourth-order valence-corrected chi connectivity index (χ4v) is 4.16. The maximum Gasteiger partial charge on any atom is 0.169 e. The molecule has 0 amide bonds. The summed E-state index contributed by atoms with van der Waals surface area (Å²) in [5, 5.41) is 0. The van der Waals surface area contributed by atoms with Gasteiger partial charge in [-0.1, -0.05) is 100 Å². The minimum Gasteiger partial charge on any atom is -0.337 e. The van der Waals surface area contributed by atoms with Crippen LogP contribution >= 0.6 is 0 Å². The van der Waals surface area contributed by atoms with Crippen molar-refractivity contribution in [1.29, 1.82) is 0 Å². The highest BCUT2D eigenvalue weighted by molar-refractivity contribution is 5.43. The molecule has 0 unspecified atom stereocenters. The summed E-state index contributed by atoms with van der Waals surface area (Å²) in [4.78, 5) is 32.7. The predicted octanol–water partition coefficient (Wildman–Crippen LogP) is 12.4. The lowest BCUT2D eigenvalue weighted by atomic mass is 9.90. The van der Waals surface area contributed by atoms with Crippen LogP contribution in [0.15, 0.2) is 78.9 Å². The first-order valence-corrected chi connectivity index (χ1v) is 17.2. The second-order valence-corrected chi connectivity index (χ2v) is 16.7. The Morgan fingerprint density at radius 2 is 0.771 bits per heavy atom. The average Bonchev–Trinajstić information content (AvgIpc) is 2.98. The van der Waals surface area contributed by atoms with E-state index in [1.165, 1.54) is 11.1 Å². The predicted molar refractivity (Wildman–Crippen MR) is 199 cm³/mol. The van der Waals surface area contributed by atoms with Crippen LogP contribution in [0.3, 0.4) is 0 Å². The molecular formula is C42H66O6. The van der Waals surface area contributed by atoms with Gasteiger partial charge in [0.05, 0.1) is 11.2 Å². The Hall–Kier alpha value is -2.74. The molecule has 0 aliphatic rings. The first-order chi connectivity index (χ1) is 21.8. The fourth-order valence-electron chi connectivity index (χ4n) is 4.16. The molecule has 6 heteroatoms. The minimum atomic E-state index is -0.493. The minimum absolute atomic E-state index is 0.215. The highest BCUT2D eigenvalue weighted by atomic mass is 17.2. The summed E-state index contributed by atoms with van der Waals surface area (Å²) in [5.41, 5.74) is 3.04. The molecule has 270 valence electrons. The second kappa shape index (κ2) is 18.3. The first kappa shape index (κ1) is 43.3. The molecule has 0 fully saturated rings. The van der Waals surface area contributed by atoms with Gasteiger partial charge in [0.1, 0.15) is 16.8 Å². The third-order valence-electron chi connectivity index (χ3n) is 6.62. The van der Waals surface area contributed by atoms with Gasteiger partial charge < -0.3 is 4.89 Å². The first-order valence-electron chi connectivity index (χ1n) is 17.2. The van der Waals surface area contributed by atoms with Gasteiger partial charge in [0, 0.05) is 5.56 Å². The summed E-state index contributed by atoms with van der Waals surface area (Å²) >= 11 is 0. The Kier molecular flexibility index (Phi) is 16.5. The van der Waals surface area contributed by atoms with Crippen LogP contribution in [-0.2, 0) is 35.6 Å². The lowest BCUT2D eigenvalue weighted by molar-refractivity contribution is -0.410. The van der Waals surface area contributed by atoms with Crippen molar-refractivity contribution in [3.8, 4) is 5.75 Å². The van der Waals surface area contributed by atoms with Crippen LogP contribution in [0.1, 0.15) is 152 Å². The Bertz CT molecular complexity index is 1240. The highest BCUT2D eigenvalue weighted by Gasteiger charge is 2.29. The van der Waals surface area contributed by atoms with Crippen molar-refractivity contribution in [2.75, 3.05) is 0 Å². The summed E-state index contributed by atoms with van der Waals surface area (Å²) in [6.07, 6.45) is 0. The van der Waals surface area contributed by atoms with Gasteiger partial charge in [0.15, 0.2) is 5.75 Å². The Labute approximate surface area is 293 Å². The third kappa shape index (κ3) is 17.1. The number of benzene rings is 3. The largest absolute Gasteiger partial charge is 0.337 e. The Morgan fingerprint density at radius 1 is 0.396 bits per heavy atom. The fraction of sp³-hybridized carbons (Fsp3) is 0.571. The molecule has 3 aromatic rings. The van der Waals surface area contributed by atoms with Gasteiger partial charge in [0.2, 0.25) is 0 Å². The van der Waals surface area contributed by atoms with E-state index in [1.54, 1.807) is 0 Å². The molecule has 0 saturated carbocycles. The van der Waals surface area contributed by atoms with Gasteiger partial charge in [-0.3, -0.25) is 0 Å². The van der Waals surface area contributed by atoms with E-state index in [9.17, 15) is 0 Å². The van der Waals surface area contributed by atoms with Crippen LogP contribution in [-0.4, -0.2) is 16.8 Å². The Morgan fingerprint density at radius 3 is 1.08 bits per heavy atom. The standard InChI is InChI=1S/C18H22O2.C16H26O2.C8H18O2/c1-17(2,15-11-7-5-8-12-15)19-20-18(3,4)16-13-9-6-10-14-16;1-11(2)13-9-8-10-14(15(13)12(3)4)17-18-16(5,6)7;1-7(2,3)9-10-8(4,5)6/h5-14H,1-4H3;8-12H,1-7H3;1-6H3. The molecule has 0 bridgehead atoms. The van der Waals surface area contributed by atoms with Crippen molar-refractivity contribution in [2.45, 2.75) is 158 Å². The third-order valence-corrected chi connectivity index (χ3v) is 6.62. The quantitative estimate of drug-likeness (QED) is 0.159. The summed E-state index contributed by atoms with van der Waals surface area (Å²) in [7, 11) is 0. The average molecular weight is 667 g/mol. The van der Waals surface area contributed by atoms with Crippen molar-refractivity contribution in [3.63, 3.8) is 0 Å². The molecule has 0 atom stereocenters. The molecule has 0 spiro atoms. The summed E-state index contributed by atoms with van der Waals surface area (Å²) in [5.74, 6) is 1.74. The van der Waals surface area contributed by atoms with Crippen LogP contribution in [0.4, 0.5) is 0 Å². The summed E-state index contributed by atoms with van der Waals surface area (Å²) < 4.78 is 0. The molecule has 0 saturated heterocycles. The summed E-state index contributed by atoms with van der Waals surface area (Å²) in [6, 6.07) is 26.3. The maximum absolute atomic E-state index is 5.73. The Balaban J connectivity index is 0.000000381. The smallest absolute Gasteiger partial charge is 0.169 e. The van der Waals surface area contributed by atoms with E-state index < -0.39 is 11.2 Å². The topological polar surface area (TPSA) is 55.4 Å².